The summed E-state index contributed by atoms with van der Waals surface area (Å²) in [4.78, 5) is 25.3. The van der Waals surface area contributed by atoms with Gasteiger partial charge >= 0.3 is 6.09 Å². The molecule has 0 atom stereocenters. The second kappa shape index (κ2) is 9.94. The van der Waals surface area contributed by atoms with E-state index in [1.807, 2.05) is 0 Å². The van der Waals surface area contributed by atoms with Gasteiger partial charge in [0, 0.05) is 24.2 Å². The third-order valence-corrected chi connectivity index (χ3v) is 4.36. The molecule has 1 N–H and O–H groups in total. The zero-order chi connectivity index (χ0) is 18.2. The number of piperidine rings is 1. The van der Waals surface area contributed by atoms with Crippen molar-refractivity contribution in [3.63, 3.8) is 0 Å². The van der Waals surface area contributed by atoms with Crippen molar-refractivity contribution < 1.29 is 19.1 Å². The van der Waals surface area contributed by atoms with Crippen LogP contribution in [0.1, 0.15) is 12.8 Å². The van der Waals surface area contributed by atoms with Gasteiger partial charge in [-0.05, 0) is 31.0 Å². The summed E-state index contributed by atoms with van der Waals surface area (Å²) in [6.07, 6.45) is 0.943. The Bertz CT molecular complexity index is 607. The lowest BCUT2D eigenvalue weighted by molar-refractivity contribution is -0.124. The van der Waals surface area contributed by atoms with Gasteiger partial charge in [-0.3, -0.25) is 4.79 Å². The number of ether oxygens (including phenoxy) is 2. The molecule has 1 aromatic carbocycles. The highest BCUT2D eigenvalue weighted by molar-refractivity contribution is 6.35. The number of halogens is 3. The lowest BCUT2D eigenvalue weighted by atomic mass is 10.1. The van der Waals surface area contributed by atoms with Crippen LogP contribution in [0.5, 0.6) is 5.75 Å². The highest BCUT2D eigenvalue weighted by Gasteiger charge is 2.24. The third-order valence-electron chi connectivity index (χ3n) is 3.67. The number of amides is 2. The summed E-state index contributed by atoms with van der Waals surface area (Å²) in [5.41, 5.74) is 0. The quantitative estimate of drug-likeness (QED) is 0.732. The fraction of sp³-hybridized carbons (Fsp3) is 0.500. The number of carbonyl (C=O) groups excluding carboxylic acids is 2. The van der Waals surface area contributed by atoms with E-state index < -0.39 is 0 Å². The number of likely N-dealkylation sites (tertiary alicyclic amines) is 1. The molecule has 0 aromatic heterocycles. The van der Waals surface area contributed by atoms with Crippen molar-refractivity contribution in [3.05, 3.63) is 28.2 Å². The zero-order valence-electron chi connectivity index (χ0n) is 13.5. The summed E-state index contributed by atoms with van der Waals surface area (Å²) in [7, 11) is 0. The Morgan fingerprint density at radius 3 is 2.60 bits per heavy atom. The smallest absolute Gasteiger partial charge is 0.409 e. The van der Waals surface area contributed by atoms with Crippen LogP contribution >= 0.6 is 34.8 Å². The van der Waals surface area contributed by atoms with Gasteiger partial charge in [0.15, 0.2) is 6.61 Å². The highest BCUT2D eigenvalue weighted by Crippen LogP contribution is 2.27. The molecule has 2 rings (SSSR count). The Kier molecular flexibility index (Phi) is 7.93. The number of carbonyl (C=O) groups is 2. The number of rotatable bonds is 6. The maximum Gasteiger partial charge on any atom is 0.409 e. The SMILES string of the molecule is O=C(COc1ccc(Cl)cc1Cl)NC1CCN(C(=O)OCCCl)CC1. The first-order valence-electron chi connectivity index (χ1n) is 7.84. The Labute approximate surface area is 161 Å². The second-order valence-corrected chi connectivity index (χ2v) is 6.72. The Morgan fingerprint density at radius 2 is 1.96 bits per heavy atom. The van der Waals surface area contributed by atoms with E-state index in [4.69, 9.17) is 44.3 Å². The number of benzene rings is 1. The van der Waals surface area contributed by atoms with E-state index in [-0.39, 0.29) is 37.1 Å². The summed E-state index contributed by atoms with van der Waals surface area (Å²) < 4.78 is 10.4. The molecule has 1 aliphatic heterocycles. The molecule has 1 saturated heterocycles. The van der Waals surface area contributed by atoms with E-state index in [1.165, 1.54) is 0 Å². The van der Waals surface area contributed by atoms with Crippen molar-refractivity contribution in [2.24, 2.45) is 0 Å². The van der Waals surface area contributed by atoms with Gasteiger partial charge in [0.1, 0.15) is 12.4 Å². The Balaban J connectivity index is 1.70. The molecule has 0 aliphatic carbocycles. The van der Waals surface area contributed by atoms with E-state index in [1.54, 1.807) is 23.1 Å². The number of alkyl halides is 1. The summed E-state index contributed by atoms with van der Waals surface area (Å²) >= 11 is 17.3. The molecule has 25 heavy (non-hydrogen) atoms. The van der Waals surface area contributed by atoms with Gasteiger partial charge in [-0.1, -0.05) is 23.2 Å². The topological polar surface area (TPSA) is 67.9 Å². The predicted molar refractivity (Wildman–Crippen MR) is 96.8 cm³/mol. The average molecular weight is 410 g/mol. The van der Waals surface area contributed by atoms with Crippen LogP contribution < -0.4 is 10.1 Å². The number of hydrogen-bond donors (Lipinski definition) is 1. The van der Waals surface area contributed by atoms with Crippen molar-refractivity contribution in [1.82, 2.24) is 10.2 Å². The largest absolute Gasteiger partial charge is 0.482 e. The molecule has 9 heteroatoms. The van der Waals surface area contributed by atoms with Crippen LogP contribution in [0.15, 0.2) is 18.2 Å². The van der Waals surface area contributed by atoms with Crippen molar-refractivity contribution in [2.45, 2.75) is 18.9 Å². The zero-order valence-corrected chi connectivity index (χ0v) is 15.7. The van der Waals surface area contributed by atoms with Gasteiger partial charge in [0.2, 0.25) is 0 Å². The average Bonchev–Trinajstić information content (AvgIpc) is 2.59. The molecule has 0 spiro atoms. The monoisotopic (exact) mass is 408 g/mol. The summed E-state index contributed by atoms with van der Waals surface area (Å²) in [6, 6.07) is 4.80. The Hall–Kier alpha value is -1.37. The maximum atomic E-state index is 12.0. The van der Waals surface area contributed by atoms with E-state index >= 15 is 0 Å². The van der Waals surface area contributed by atoms with Crippen molar-refractivity contribution >= 4 is 46.8 Å². The molecule has 0 unspecified atom stereocenters. The number of nitrogens with zero attached hydrogens (tertiary/aromatic N) is 1. The molecular formula is C16H19Cl3N2O4. The normalized spacial score (nSPS) is 14.9. The lowest BCUT2D eigenvalue weighted by Gasteiger charge is -2.31. The molecule has 138 valence electrons. The van der Waals surface area contributed by atoms with Crippen LogP contribution in [0.25, 0.3) is 0 Å². The third kappa shape index (κ3) is 6.45. The van der Waals surface area contributed by atoms with E-state index in [0.29, 0.717) is 41.7 Å². The molecule has 1 aromatic rings. The van der Waals surface area contributed by atoms with Crippen molar-refractivity contribution in [2.75, 3.05) is 32.2 Å². The summed E-state index contributed by atoms with van der Waals surface area (Å²) in [5, 5.41) is 3.74. The van der Waals surface area contributed by atoms with Gasteiger partial charge < -0.3 is 19.7 Å². The fourth-order valence-corrected chi connectivity index (χ4v) is 2.97. The van der Waals surface area contributed by atoms with Crippen LogP contribution in [0, 0.1) is 0 Å². The predicted octanol–water partition coefficient (Wildman–Crippen LogP) is 3.33. The minimum atomic E-state index is -0.369. The van der Waals surface area contributed by atoms with Gasteiger partial charge in [0.25, 0.3) is 5.91 Å². The van der Waals surface area contributed by atoms with Gasteiger partial charge in [-0.25, -0.2) is 4.79 Å². The summed E-state index contributed by atoms with van der Waals surface area (Å²) in [5.74, 6) is 0.433. The van der Waals surface area contributed by atoms with Crippen LogP contribution in [-0.4, -0.2) is 55.1 Å². The van der Waals surface area contributed by atoms with Gasteiger partial charge in [0.05, 0.1) is 10.9 Å². The minimum absolute atomic E-state index is 0.00568. The number of hydrogen-bond acceptors (Lipinski definition) is 4. The molecule has 2 amide bonds. The van der Waals surface area contributed by atoms with E-state index in [0.717, 1.165) is 0 Å². The summed E-state index contributed by atoms with van der Waals surface area (Å²) in [6.45, 7) is 1.10. The highest BCUT2D eigenvalue weighted by atomic mass is 35.5. The standard InChI is InChI=1S/C16H19Cl3N2O4/c17-5-8-24-16(23)21-6-3-12(4-7-21)20-15(22)10-25-14-2-1-11(18)9-13(14)19/h1-2,9,12H,3-8,10H2,(H,20,22). The fourth-order valence-electron chi connectivity index (χ4n) is 2.43. The van der Waals surface area contributed by atoms with E-state index in [2.05, 4.69) is 5.32 Å². The molecule has 0 bridgehead atoms. The lowest BCUT2D eigenvalue weighted by Crippen LogP contribution is -2.47. The first-order chi connectivity index (χ1) is 12.0. The molecule has 6 nitrogen and oxygen atoms in total. The van der Waals surface area contributed by atoms with Crippen molar-refractivity contribution in [3.8, 4) is 5.75 Å². The first-order valence-corrected chi connectivity index (χ1v) is 9.13. The minimum Gasteiger partial charge on any atom is -0.482 e. The van der Waals surface area contributed by atoms with Crippen LogP contribution in [-0.2, 0) is 9.53 Å². The van der Waals surface area contributed by atoms with Crippen LogP contribution in [0.2, 0.25) is 10.0 Å². The van der Waals surface area contributed by atoms with Crippen molar-refractivity contribution in [1.29, 1.82) is 0 Å². The number of nitrogens with one attached hydrogen (secondary N) is 1. The Morgan fingerprint density at radius 1 is 1.24 bits per heavy atom. The molecule has 0 saturated carbocycles. The molecule has 0 radical (unpaired) electrons. The maximum absolute atomic E-state index is 12.0. The van der Waals surface area contributed by atoms with E-state index in [9.17, 15) is 9.59 Å². The molecule has 1 fully saturated rings. The molecule has 1 aliphatic rings. The second-order valence-electron chi connectivity index (χ2n) is 5.50. The van der Waals surface area contributed by atoms with Crippen LogP contribution in [0.4, 0.5) is 4.79 Å². The van der Waals surface area contributed by atoms with Crippen LogP contribution in [0.3, 0.4) is 0 Å². The van der Waals surface area contributed by atoms with Gasteiger partial charge in [-0.15, -0.1) is 11.6 Å². The molecule has 1 heterocycles. The molecular weight excluding hydrogens is 391 g/mol. The van der Waals surface area contributed by atoms with Gasteiger partial charge in [-0.2, -0.15) is 0 Å². The first kappa shape index (κ1) is 19.9.